The number of nitrogens with zero attached hydrogens (tertiary/aromatic N) is 1. The third-order valence-electron chi connectivity index (χ3n) is 3.35. The van der Waals surface area contributed by atoms with E-state index in [4.69, 9.17) is 9.47 Å². The van der Waals surface area contributed by atoms with Gasteiger partial charge in [0.25, 0.3) is 0 Å². The van der Waals surface area contributed by atoms with Crippen LogP contribution in [0, 0.1) is 0 Å². The number of hydrogen-bond acceptors (Lipinski definition) is 4. The van der Waals surface area contributed by atoms with E-state index in [1.165, 1.54) is 0 Å². The van der Waals surface area contributed by atoms with E-state index < -0.39 is 17.2 Å². The summed E-state index contributed by atoms with van der Waals surface area (Å²) in [6, 6.07) is 0. The Labute approximate surface area is 107 Å². The van der Waals surface area contributed by atoms with Crippen LogP contribution >= 0.6 is 0 Å². The second-order valence-electron chi connectivity index (χ2n) is 6.16. The van der Waals surface area contributed by atoms with Crippen LogP contribution in [0.15, 0.2) is 0 Å². The normalized spacial score (nSPS) is 28.8. The Balaban J connectivity index is 2.14. The number of hydrogen-bond donors (Lipinski definition) is 0. The molecule has 0 radical (unpaired) electrons. The molecule has 1 unspecified atom stereocenters. The molecule has 2 rings (SSSR count). The van der Waals surface area contributed by atoms with Crippen LogP contribution in [0.1, 0.15) is 40.0 Å². The van der Waals surface area contributed by atoms with Crippen molar-refractivity contribution in [3.63, 3.8) is 0 Å². The molecule has 0 bridgehead atoms. The molecule has 2 fully saturated rings. The zero-order chi connectivity index (χ0) is 13.4. The average molecular weight is 255 g/mol. The molecule has 1 atom stereocenters. The molecular formula is C13H21NO4. The summed E-state index contributed by atoms with van der Waals surface area (Å²) in [4.78, 5) is 25.4. The molecule has 102 valence electrons. The van der Waals surface area contributed by atoms with Crippen molar-refractivity contribution in [1.82, 2.24) is 4.90 Å². The third-order valence-corrected chi connectivity index (χ3v) is 3.35. The lowest BCUT2D eigenvalue weighted by Gasteiger charge is -2.40. The van der Waals surface area contributed by atoms with Crippen molar-refractivity contribution in [2.24, 2.45) is 0 Å². The summed E-state index contributed by atoms with van der Waals surface area (Å²) in [6.07, 6.45) is 1.69. The fraction of sp³-hybridized carbons (Fsp3) is 0.846. The van der Waals surface area contributed by atoms with Gasteiger partial charge in [0.2, 0.25) is 0 Å². The smallest absolute Gasteiger partial charge is 0.411 e. The van der Waals surface area contributed by atoms with Gasteiger partial charge in [-0.15, -0.1) is 0 Å². The first-order chi connectivity index (χ1) is 8.32. The number of carbonyl (C=O) groups excluding carboxylic acids is 2. The van der Waals surface area contributed by atoms with Gasteiger partial charge in [-0.1, -0.05) is 0 Å². The van der Waals surface area contributed by atoms with Crippen LogP contribution in [0.25, 0.3) is 0 Å². The van der Waals surface area contributed by atoms with E-state index in [1.54, 1.807) is 4.90 Å². The van der Waals surface area contributed by atoms with Crippen molar-refractivity contribution in [3.05, 3.63) is 0 Å². The third kappa shape index (κ3) is 2.66. The van der Waals surface area contributed by atoms with Gasteiger partial charge in [0.15, 0.2) is 5.78 Å². The predicted molar refractivity (Wildman–Crippen MR) is 65.3 cm³/mol. The first kappa shape index (κ1) is 13.3. The van der Waals surface area contributed by atoms with Gasteiger partial charge in [-0.3, -0.25) is 9.69 Å². The van der Waals surface area contributed by atoms with E-state index in [9.17, 15) is 9.59 Å². The van der Waals surface area contributed by atoms with Gasteiger partial charge >= 0.3 is 6.09 Å². The lowest BCUT2D eigenvalue weighted by molar-refractivity contribution is -0.117. The van der Waals surface area contributed by atoms with Gasteiger partial charge in [-0.25, -0.2) is 4.79 Å². The van der Waals surface area contributed by atoms with Crippen LogP contribution in [0.2, 0.25) is 0 Å². The molecule has 2 aliphatic heterocycles. The van der Waals surface area contributed by atoms with E-state index in [1.807, 2.05) is 20.8 Å². The van der Waals surface area contributed by atoms with Crippen molar-refractivity contribution in [2.75, 3.05) is 19.8 Å². The monoisotopic (exact) mass is 255 g/mol. The van der Waals surface area contributed by atoms with Crippen molar-refractivity contribution < 1.29 is 19.1 Å². The molecule has 2 heterocycles. The van der Waals surface area contributed by atoms with E-state index in [2.05, 4.69) is 0 Å². The summed E-state index contributed by atoms with van der Waals surface area (Å²) in [5, 5.41) is 0. The molecule has 0 aromatic rings. The van der Waals surface area contributed by atoms with Crippen molar-refractivity contribution >= 4 is 11.9 Å². The maximum Gasteiger partial charge on any atom is 0.411 e. The van der Waals surface area contributed by atoms with Crippen LogP contribution < -0.4 is 0 Å². The minimum Gasteiger partial charge on any atom is -0.444 e. The molecule has 2 saturated heterocycles. The second kappa shape index (κ2) is 4.53. The first-order valence-electron chi connectivity index (χ1n) is 6.43. The molecule has 1 amide bonds. The minimum atomic E-state index is -0.542. The Morgan fingerprint density at radius 3 is 2.72 bits per heavy atom. The standard InChI is InChI=1S/C13H21NO4/c1-12(2,3)18-11(16)14-8-10(15)7-13(14)5-4-6-17-9-13/h4-9H2,1-3H3. The Morgan fingerprint density at radius 1 is 1.44 bits per heavy atom. The highest BCUT2D eigenvalue weighted by molar-refractivity contribution is 5.89. The van der Waals surface area contributed by atoms with Gasteiger partial charge in [0, 0.05) is 13.0 Å². The van der Waals surface area contributed by atoms with Crippen molar-refractivity contribution in [1.29, 1.82) is 0 Å². The van der Waals surface area contributed by atoms with E-state index >= 15 is 0 Å². The number of amides is 1. The van der Waals surface area contributed by atoms with Gasteiger partial charge < -0.3 is 9.47 Å². The maximum absolute atomic E-state index is 12.2. The fourth-order valence-electron chi connectivity index (χ4n) is 2.63. The second-order valence-corrected chi connectivity index (χ2v) is 6.16. The molecule has 0 aromatic heterocycles. The highest BCUT2D eigenvalue weighted by atomic mass is 16.6. The molecule has 2 aliphatic rings. The highest BCUT2D eigenvalue weighted by Crippen LogP contribution is 2.35. The molecule has 1 spiro atoms. The number of ketones is 1. The topological polar surface area (TPSA) is 55.8 Å². The van der Waals surface area contributed by atoms with E-state index in [-0.39, 0.29) is 12.3 Å². The van der Waals surface area contributed by atoms with Crippen LogP contribution in [0.3, 0.4) is 0 Å². The number of carbonyl (C=O) groups is 2. The lowest BCUT2D eigenvalue weighted by Crippen LogP contribution is -2.53. The number of Topliss-reactive ketones (excluding diaryl/α,β-unsaturated/α-hetero) is 1. The number of rotatable bonds is 0. The molecular weight excluding hydrogens is 234 g/mol. The molecule has 0 N–H and O–H groups in total. The summed E-state index contributed by atoms with van der Waals surface area (Å²) in [5.74, 6) is 0.0892. The van der Waals surface area contributed by atoms with Crippen LogP contribution in [0.4, 0.5) is 4.79 Å². The van der Waals surface area contributed by atoms with Crippen molar-refractivity contribution in [2.45, 2.75) is 51.2 Å². The fourth-order valence-corrected chi connectivity index (χ4v) is 2.63. The predicted octanol–water partition coefficient (Wildman–Crippen LogP) is 1.75. The Morgan fingerprint density at radius 2 is 2.17 bits per heavy atom. The maximum atomic E-state index is 12.2. The van der Waals surface area contributed by atoms with Gasteiger partial charge in [0.1, 0.15) is 5.60 Å². The zero-order valence-electron chi connectivity index (χ0n) is 11.3. The quantitative estimate of drug-likeness (QED) is 0.661. The minimum absolute atomic E-state index is 0.0892. The SMILES string of the molecule is CC(C)(C)OC(=O)N1CC(=O)CC12CCCOC2. The average Bonchev–Trinajstić information content (AvgIpc) is 2.54. The molecule has 5 heteroatoms. The Hall–Kier alpha value is -1.10. The first-order valence-corrected chi connectivity index (χ1v) is 6.43. The largest absolute Gasteiger partial charge is 0.444 e. The summed E-state index contributed by atoms with van der Waals surface area (Å²) >= 11 is 0. The summed E-state index contributed by atoms with van der Waals surface area (Å²) < 4.78 is 10.8. The van der Waals surface area contributed by atoms with Crippen molar-refractivity contribution in [3.8, 4) is 0 Å². The number of likely N-dealkylation sites (tertiary alicyclic amines) is 1. The van der Waals surface area contributed by atoms with Crippen LogP contribution in [0.5, 0.6) is 0 Å². The summed E-state index contributed by atoms with van der Waals surface area (Å²) in [6.45, 7) is 6.78. The highest BCUT2D eigenvalue weighted by Gasteiger charge is 2.49. The summed E-state index contributed by atoms with van der Waals surface area (Å²) in [5.41, 5.74) is -1.00. The van der Waals surface area contributed by atoms with E-state index in [0.29, 0.717) is 19.6 Å². The van der Waals surface area contributed by atoms with Gasteiger partial charge in [0.05, 0.1) is 18.7 Å². The molecule has 0 saturated carbocycles. The van der Waals surface area contributed by atoms with Gasteiger partial charge in [-0.05, 0) is 33.6 Å². The lowest BCUT2D eigenvalue weighted by atomic mass is 9.89. The molecule has 0 aromatic carbocycles. The van der Waals surface area contributed by atoms with Crippen LogP contribution in [-0.4, -0.2) is 47.7 Å². The zero-order valence-corrected chi connectivity index (χ0v) is 11.3. The van der Waals surface area contributed by atoms with Crippen LogP contribution in [-0.2, 0) is 14.3 Å². The van der Waals surface area contributed by atoms with E-state index in [0.717, 1.165) is 12.8 Å². The molecule has 5 nitrogen and oxygen atoms in total. The van der Waals surface area contributed by atoms with Gasteiger partial charge in [-0.2, -0.15) is 0 Å². The molecule has 0 aliphatic carbocycles. The Kier molecular flexibility index (Phi) is 3.36. The summed E-state index contributed by atoms with van der Waals surface area (Å²) in [7, 11) is 0. The molecule has 18 heavy (non-hydrogen) atoms. The Bertz CT molecular complexity index is 352. The number of ether oxygens (including phenoxy) is 2.